The van der Waals surface area contributed by atoms with Crippen LogP contribution in [0.15, 0.2) is 45.9 Å². The highest BCUT2D eigenvalue weighted by molar-refractivity contribution is 5.51. The number of hydrogen-bond donors (Lipinski definition) is 1. The molecule has 0 fully saturated rings. The number of pyridine rings is 1. The van der Waals surface area contributed by atoms with Crippen molar-refractivity contribution in [2.45, 2.75) is 0 Å². The molecule has 0 aliphatic carbocycles. The van der Waals surface area contributed by atoms with Gasteiger partial charge in [-0.25, -0.2) is 4.98 Å². The summed E-state index contributed by atoms with van der Waals surface area (Å²) < 4.78 is 5.09. The summed E-state index contributed by atoms with van der Waals surface area (Å²) in [5, 5.41) is 9.00. The van der Waals surface area contributed by atoms with Crippen molar-refractivity contribution in [1.29, 1.82) is 0 Å². The molecule has 0 aliphatic heterocycles. The largest absolute Gasteiger partial charge is 0.506 e. The van der Waals surface area contributed by atoms with E-state index in [4.69, 9.17) is 9.52 Å². The molecule has 2 aromatic rings. The lowest BCUT2D eigenvalue weighted by Gasteiger charge is -1.97. The van der Waals surface area contributed by atoms with Crippen LogP contribution in [0.25, 0.3) is 11.5 Å². The number of aromatic hydroxyl groups is 1. The van der Waals surface area contributed by atoms with Crippen LogP contribution >= 0.6 is 0 Å². The first-order valence-electron chi connectivity index (χ1n) is 4.00. The molecule has 1 N–H and O–H groups in total. The minimum atomic E-state index is -0.138. The van der Waals surface area contributed by atoms with Gasteiger partial charge in [-0.3, -0.25) is 4.79 Å². The third-order valence-electron chi connectivity index (χ3n) is 1.70. The fourth-order valence-electron chi connectivity index (χ4n) is 1.05. The molecule has 2 aromatic heterocycles. The molecule has 0 radical (unpaired) electrons. The first kappa shape index (κ1) is 8.50. The Kier molecular flexibility index (Phi) is 2.02. The fourth-order valence-corrected chi connectivity index (χ4v) is 1.05. The van der Waals surface area contributed by atoms with Gasteiger partial charge in [-0.2, -0.15) is 0 Å². The van der Waals surface area contributed by atoms with Gasteiger partial charge >= 0.3 is 0 Å². The highest BCUT2D eigenvalue weighted by Crippen LogP contribution is 2.16. The maximum atomic E-state index is 11.0. The fraction of sp³-hybridized carbons (Fsp3) is 0. The van der Waals surface area contributed by atoms with Crippen LogP contribution in [0.3, 0.4) is 0 Å². The lowest BCUT2D eigenvalue weighted by atomic mass is 10.2. The van der Waals surface area contributed by atoms with E-state index in [1.54, 1.807) is 6.07 Å². The first-order chi connectivity index (χ1) is 6.75. The van der Waals surface area contributed by atoms with Crippen LogP contribution in [0.4, 0.5) is 0 Å². The molecule has 70 valence electrons. The van der Waals surface area contributed by atoms with E-state index in [9.17, 15) is 4.79 Å². The van der Waals surface area contributed by atoms with Crippen molar-refractivity contribution in [3.63, 3.8) is 0 Å². The zero-order chi connectivity index (χ0) is 9.97. The van der Waals surface area contributed by atoms with Crippen molar-refractivity contribution in [2.24, 2.45) is 0 Å². The Hall–Kier alpha value is -2.10. The number of aromatic nitrogens is 1. The SMILES string of the molecule is O=c1ccoc(-c2ccc(O)cn2)c1. The molecular weight excluding hydrogens is 182 g/mol. The smallest absolute Gasteiger partial charge is 0.185 e. The van der Waals surface area contributed by atoms with Gasteiger partial charge in [0, 0.05) is 12.1 Å². The van der Waals surface area contributed by atoms with Gasteiger partial charge in [0.15, 0.2) is 11.2 Å². The number of hydrogen-bond acceptors (Lipinski definition) is 4. The summed E-state index contributed by atoms with van der Waals surface area (Å²) >= 11 is 0. The van der Waals surface area contributed by atoms with Gasteiger partial charge in [0.1, 0.15) is 11.4 Å². The summed E-state index contributed by atoms with van der Waals surface area (Å²) in [6, 6.07) is 5.73. The lowest BCUT2D eigenvalue weighted by molar-refractivity contribution is 0.472. The summed E-state index contributed by atoms with van der Waals surface area (Å²) in [5.74, 6) is 0.463. The second-order valence-corrected chi connectivity index (χ2v) is 2.73. The highest BCUT2D eigenvalue weighted by Gasteiger charge is 2.01. The summed E-state index contributed by atoms with van der Waals surface area (Å²) in [6.45, 7) is 0. The second kappa shape index (κ2) is 3.33. The van der Waals surface area contributed by atoms with Gasteiger partial charge in [-0.1, -0.05) is 0 Å². The van der Waals surface area contributed by atoms with Crippen LogP contribution in [0.2, 0.25) is 0 Å². The van der Waals surface area contributed by atoms with Crippen LogP contribution < -0.4 is 5.43 Å². The van der Waals surface area contributed by atoms with Crippen molar-refractivity contribution < 1.29 is 9.52 Å². The molecule has 0 spiro atoms. The Labute approximate surface area is 79.5 Å². The average molecular weight is 189 g/mol. The molecule has 0 amide bonds. The summed E-state index contributed by atoms with van der Waals surface area (Å²) in [4.78, 5) is 14.9. The lowest BCUT2D eigenvalue weighted by Crippen LogP contribution is -1.95. The predicted molar refractivity (Wildman–Crippen MR) is 49.9 cm³/mol. The van der Waals surface area contributed by atoms with Crippen molar-refractivity contribution >= 4 is 0 Å². The van der Waals surface area contributed by atoms with E-state index in [2.05, 4.69) is 4.98 Å². The Morgan fingerprint density at radius 1 is 1.29 bits per heavy atom. The first-order valence-corrected chi connectivity index (χ1v) is 4.00. The Morgan fingerprint density at radius 3 is 2.79 bits per heavy atom. The minimum absolute atomic E-state index is 0.0760. The Bertz CT molecular complexity index is 487. The van der Waals surface area contributed by atoms with Crippen molar-refractivity contribution in [1.82, 2.24) is 4.98 Å². The summed E-state index contributed by atoms with van der Waals surface area (Å²) in [5.41, 5.74) is 0.377. The van der Waals surface area contributed by atoms with E-state index >= 15 is 0 Å². The topological polar surface area (TPSA) is 63.3 Å². The Balaban J connectivity index is 2.50. The quantitative estimate of drug-likeness (QED) is 0.736. The molecule has 4 heteroatoms. The van der Waals surface area contributed by atoms with E-state index < -0.39 is 0 Å². The van der Waals surface area contributed by atoms with Gasteiger partial charge in [0.25, 0.3) is 0 Å². The zero-order valence-corrected chi connectivity index (χ0v) is 7.18. The van der Waals surface area contributed by atoms with E-state index in [-0.39, 0.29) is 11.2 Å². The third kappa shape index (κ3) is 1.64. The predicted octanol–water partition coefficient (Wildman–Crippen LogP) is 1.41. The molecule has 0 atom stereocenters. The highest BCUT2D eigenvalue weighted by atomic mass is 16.3. The third-order valence-corrected chi connectivity index (χ3v) is 1.70. The molecule has 0 saturated heterocycles. The zero-order valence-electron chi connectivity index (χ0n) is 7.18. The summed E-state index contributed by atoms with van der Waals surface area (Å²) in [7, 11) is 0. The van der Waals surface area contributed by atoms with Gasteiger partial charge < -0.3 is 9.52 Å². The molecule has 2 heterocycles. The molecule has 0 aromatic carbocycles. The van der Waals surface area contributed by atoms with Gasteiger partial charge in [0.2, 0.25) is 0 Å². The average Bonchev–Trinajstić information content (AvgIpc) is 2.19. The van der Waals surface area contributed by atoms with Crippen LogP contribution in [-0.2, 0) is 0 Å². The van der Waals surface area contributed by atoms with Gasteiger partial charge in [-0.15, -0.1) is 0 Å². The van der Waals surface area contributed by atoms with Crippen LogP contribution in [0.5, 0.6) is 5.75 Å². The van der Waals surface area contributed by atoms with E-state index in [1.807, 2.05) is 0 Å². The van der Waals surface area contributed by atoms with Crippen molar-refractivity contribution in [2.75, 3.05) is 0 Å². The normalized spacial score (nSPS) is 10.0. The van der Waals surface area contributed by atoms with Crippen molar-refractivity contribution in [3.05, 3.63) is 46.9 Å². The number of nitrogens with zero attached hydrogens (tertiary/aromatic N) is 1. The Morgan fingerprint density at radius 2 is 2.14 bits per heavy atom. The maximum absolute atomic E-state index is 11.0. The van der Waals surface area contributed by atoms with Crippen LogP contribution in [-0.4, -0.2) is 10.1 Å². The molecular formula is C10H7NO3. The molecule has 4 nitrogen and oxygen atoms in total. The molecule has 0 saturated carbocycles. The van der Waals surface area contributed by atoms with Gasteiger partial charge in [0.05, 0.1) is 12.5 Å². The maximum Gasteiger partial charge on any atom is 0.185 e. The second-order valence-electron chi connectivity index (χ2n) is 2.73. The molecule has 0 bridgehead atoms. The molecule has 0 aliphatic rings. The molecule has 2 rings (SSSR count). The molecule has 14 heavy (non-hydrogen) atoms. The van der Waals surface area contributed by atoms with Crippen LogP contribution in [0, 0.1) is 0 Å². The van der Waals surface area contributed by atoms with Crippen LogP contribution in [0.1, 0.15) is 0 Å². The monoisotopic (exact) mass is 189 g/mol. The minimum Gasteiger partial charge on any atom is -0.506 e. The molecule has 0 unspecified atom stereocenters. The van der Waals surface area contributed by atoms with E-state index in [1.165, 1.54) is 30.7 Å². The number of rotatable bonds is 1. The van der Waals surface area contributed by atoms with E-state index in [0.717, 1.165) is 0 Å². The van der Waals surface area contributed by atoms with Gasteiger partial charge in [-0.05, 0) is 12.1 Å². The van der Waals surface area contributed by atoms with E-state index in [0.29, 0.717) is 11.5 Å². The van der Waals surface area contributed by atoms with Crippen molar-refractivity contribution in [3.8, 4) is 17.2 Å². The summed E-state index contributed by atoms with van der Waals surface area (Å²) in [6.07, 6.45) is 2.61. The standard InChI is InChI=1S/C10H7NO3/c12-7-3-4-14-10(5-7)9-2-1-8(13)6-11-9/h1-6,13H.